The Labute approximate surface area is 164 Å². The van der Waals surface area contributed by atoms with E-state index < -0.39 is 5.97 Å². The van der Waals surface area contributed by atoms with Gasteiger partial charge in [0.2, 0.25) is 5.12 Å². The standard InChI is InChI=1S/C21H23ClO3S/c1-6-25-19(23)17-12-15(21(3,4)5)10-13(2)18(17)26-20(24)14-8-7-9-16(22)11-14/h7-12H,6H2,1-5H3. The van der Waals surface area contributed by atoms with Crippen LogP contribution in [0.4, 0.5) is 0 Å². The van der Waals surface area contributed by atoms with E-state index in [1.54, 1.807) is 31.2 Å². The summed E-state index contributed by atoms with van der Waals surface area (Å²) in [6.45, 7) is 10.2. The molecule has 0 N–H and O–H groups in total. The van der Waals surface area contributed by atoms with Crippen molar-refractivity contribution in [2.75, 3.05) is 6.61 Å². The number of rotatable bonds is 4. The van der Waals surface area contributed by atoms with Crippen LogP contribution in [0.25, 0.3) is 0 Å². The first-order chi connectivity index (χ1) is 12.1. The van der Waals surface area contributed by atoms with Crippen molar-refractivity contribution in [2.24, 2.45) is 0 Å². The second-order valence-corrected chi connectivity index (χ2v) is 8.46. The molecule has 26 heavy (non-hydrogen) atoms. The maximum atomic E-state index is 12.7. The Kier molecular flexibility index (Phi) is 6.53. The first kappa shape index (κ1) is 20.5. The molecule has 0 heterocycles. The molecule has 0 aromatic heterocycles. The second-order valence-electron chi connectivity index (χ2n) is 7.04. The van der Waals surface area contributed by atoms with Crippen molar-refractivity contribution in [2.45, 2.75) is 44.9 Å². The smallest absolute Gasteiger partial charge is 0.339 e. The van der Waals surface area contributed by atoms with Crippen LogP contribution < -0.4 is 0 Å². The fourth-order valence-corrected chi connectivity index (χ4v) is 3.56. The summed E-state index contributed by atoms with van der Waals surface area (Å²) in [4.78, 5) is 25.8. The van der Waals surface area contributed by atoms with E-state index in [2.05, 4.69) is 20.8 Å². The minimum atomic E-state index is -0.414. The highest BCUT2D eigenvalue weighted by Gasteiger charge is 2.23. The van der Waals surface area contributed by atoms with Crippen molar-refractivity contribution in [3.8, 4) is 0 Å². The molecule has 0 unspecified atom stereocenters. The van der Waals surface area contributed by atoms with Gasteiger partial charge in [-0.3, -0.25) is 4.79 Å². The van der Waals surface area contributed by atoms with E-state index in [0.29, 0.717) is 21.0 Å². The molecular formula is C21H23ClO3S. The van der Waals surface area contributed by atoms with Gasteiger partial charge in [-0.25, -0.2) is 4.79 Å². The molecular weight excluding hydrogens is 368 g/mol. The highest BCUT2D eigenvalue weighted by Crippen LogP contribution is 2.35. The van der Waals surface area contributed by atoms with Gasteiger partial charge < -0.3 is 4.74 Å². The maximum absolute atomic E-state index is 12.7. The average Bonchev–Trinajstić information content (AvgIpc) is 2.55. The Morgan fingerprint density at radius 2 is 1.85 bits per heavy atom. The van der Waals surface area contributed by atoms with E-state index >= 15 is 0 Å². The summed E-state index contributed by atoms with van der Waals surface area (Å²) in [6.07, 6.45) is 0. The summed E-state index contributed by atoms with van der Waals surface area (Å²) in [7, 11) is 0. The molecule has 0 aliphatic rings. The van der Waals surface area contributed by atoms with Crippen LogP contribution in [0.3, 0.4) is 0 Å². The summed E-state index contributed by atoms with van der Waals surface area (Å²) < 4.78 is 5.21. The van der Waals surface area contributed by atoms with Gasteiger partial charge in [-0.1, -0.05) is 50.6 Å². The normalized spacial score (nSPS) is 11.3. The fourth-order valence-electron chi connectivity index (χ4n) is 2.47. The number of aryl methyl sites for hydroxylation is 1. The van der Waals surface area contributed by atoms with Crippen LogP contribution in [0.2, 0.25) is 5.02 Å². The van der Waals surface area contributed by atoms with Crippen molar-refractivity contribution in [1.29, 1.82) is 0 Å². The number of thioether (sulfide) groups is 1. The zero-order valence-corrected chi connectivity index (χ0v) is 17.3. The molecule has 0 bridgehead atoms. The predicted molar refractivity (Wildman–Crippen MR) is 107 cm³/mol. The molecule has 0 amide bonds. The minimum absolute atomic E-state index is 0.119. The minimum Gasteiger partial charge on any atom is -0.462 e. The largest absolute Gasteiger partial charge is 0.462 e. The Hall–Kier alpha value is -1.78. The second kappa shape index (κ2) is 8.28. The number of benzene rings is 2. The van der Waals surface area contributed by atoms with Crippen molar-refractivity contribution >= 4 is 34.4 Å². The van der Waals surface area contributed by atoms with Crippen LogP contribution in [0.15, 0.2) is 41.3 Å². The number of hydrogen-bond donors (Lipinski definition) is 0. The number of halogens is 1. The summed E-state index contributed by atoms with van der Waals surface area (Å²) >= 11 is 7.02. The Morgan fingerprint density at radius 1 is 1.15 bits per heavy atom. The molecule has 5 heteroatoms. The maximum Gasteiger partial charge on any atom is 0.339 e. The van der Waals surface area contributed by atoms with E-state index in [1.807, 2.05) is 19.1 Å². The van der Waals surface area contributed by atoms with Crippen LogP contribution in [0.1, 0.15) is 59.5 Å². The molecule has 2 aromatic carbocycles. The van der Waals surface area contributed by atoms with Crippen LogP contribution in [-0.4, -0.2) is 17.7 Å². The first-order valence-corrected chi connectivity index (χ1v) is 9.63. The lowest BCUT2D eigenvalue weighted by atomic mass is 9.85. The topological polar surface area (TPSA) is 43.4 Å². The van der Waals surface area contributed by atoms with E-state index in [9.17, 15) is 9.59 Å². The highest BCUT2D eigenvalue weighted by molar-refractivity contribution is 8.14. The monoisotopic (exact) mass is 390 g/mol. The van der Waals surface area contributed by atoms with Gasteiger partial charge in [0.05, 0.1) is 12.2 Å². The zero-order valence-electron chi connectivity index (χ0n) is 15.7. The van der Waals surface area contributed by atoms with E-state index in [4.69, 9.17) is 16.3 Å². The van der Waals surface area contributed by atoms with Crippen molar-refractivity contribution < 1.29 is 14.3 Å². The third-order valence-electron chi connectivity index (χ3n) is 3.89. The SMILES string of the molecule is CCOC(=O)c1cc(C(C)(C)C)cc(C)c1SC(=O)c1cccc(Cl)c1. The van der Waals surface area contributed by atoms with Gasteiger partial charge in [-0.15, -0.1) is 0 Å². The molecule has 0 radical (unpaired) electrons. The highest BCUT2D eigenvalue weighted by atomic mass is 35.5. The Balaban J connectivity index is 2.49. The molecule has 0 saturated heterocycles. The van der Waals surface area contributed by atoms with E-state index in [-0.39, 0.29) is 17.1 Å². The van der Waals surface area contributed by atoms with Gasteiger partial charge in [-0.05, 0) is 60.4 Å². The summed E-state index contributed by atoms with van der Waals surface area (Å²) in [5.74, 6) is -0.414. The first-order valence-electron chi connectivity index (χ1n) is 8.43. The average molecular weight is 391 g/mol. The summed E-state index contributed by atoms with van der Waals surface area (Å²) in [5.41, 5.74) is 2.71. The van der Waals surface area contributed by atoms with Gasteiger partial charge in [0.25, 0.3) is 0 Å². The number of esters is 1. The fraction of sp³-hybridized carbons (Fsp3) is 0.333. The number of carbonyl (C=O) groups excluding carboxylic acids is 2. The number of carbonyl (C=O) groups is 2. The summed E-state index contributed by atoms with van der Waals surface area (Å²) in [6, 6.07) is 10.6. The molecule has 3 nitrogen and oxygen atoms in total. The third-order valence-corrected chi connectivity index (χ3v) is 5.29. The Bertz CT molecular complexity index is 838. The molecule has 2 aromatic rings. The lowest BCUT2D eigenvalue weighted by Crippen LogP contribution is -2.15. The lowest BCUT2D eigenvalue weighted by Gasteiger charge is -2.22. The van der Waals surface area contributed by atoms with Crippen LogP contribution in [0.5, 0.6) is 0 Å². The molecule has 0 aliphatic carbocycles. The van der Waals surface area contributed by atoms with Gasteiger partial charge in [0.1, 0.15) is 0 Å². The van der Waals surface area contributed by atoms with Gasteiger partial charge in [0, 0.05) is 15.5 Å². The number of hydrogen-bond acceptors (Lipinski definition) is 4. The third kappa shape index (κ3) is 4.89. The number of ether oxygens (including phenoxy) is 1. The molecule has 138 valence electrons. The van der Waals surface area contributed by atoms with Gasteiger partial charge >= 0.3 is 5.97 Å². The molecule has 0 atom stereocenters. The molecule has 0 fully saturated rings. The predicted octanol–water partition coefficient (Wildman–Crippen LogP) is 6.06. The molecule has 2 rings (SSSR count). The van der Waals surface area contributed by atoms with Gasteiger partial charge in [0.15, 0.2) is 0 Å². The van der Waals surface area contributed by atoms with Crippen LogP contribution in [-0.2, 0) is 10.2 Å². The van der Waals surface area contributed by atoms with Crippen molar-refractivity contribution in [3.05, 3.63) is 63.7 Å². The Morgan fingerprint density at radius 3 is 2.42 bits per heavy atom. The lowest BCUT2D eigenvalue weighted by molar-refractivity contribution is 0.0522. The molecule has 0 spiro atoms. The van der Waals surface area contributed by atoms with Crippen molar-refractivity contribution in [3.63, 3.8) is 0 Å². The molecule has 0 saturated carbocycles. The van der Waals surface area contributed by atoms with Crippen molar-refractivity contribution in [1.82, 2.24) is 0 Å². The van der Waals surface area contributed by atoms with Gasteiger partial charge in [-0.2, -0.15) is 0 Å². The van der Waals surface area contributed by atoms with Crippen LogP contribution >= 0.6 is 23.4 Å². The molecule has 0 aliphatic heterocycles. The van der Waals surface area contributed by atoms with E-state index in [1.165, 1.54) is 0 Å². The zero-order chi connectivity index (χ0) is 19.5. The van der Waals surface area contributed by atoms with E-state index in [0.717, 1.165) is 22.9 Å². The quantitative estimate of drug-likeness (QED) is 0.470. The van der Waals surface area contributed by atoms with Crippen LogP contribution in [0, 0.1) is 6.92 Å². The summed E-state index contributed by atoms with van der Waals surface area (Å²) in [5, 5.41) is 0.339.